The van der Waals surface area contributed by atoms with Crippen LogP contribution in [0.1, 0.15) is 40.0 Å². The minimum absolute atomic E-state index is 0.0715. The summed E-state index contributed by atoms with van der Waals surface area (Å²) in [6, 6.07) is 15.0. The number of carbonyl (C=O) groups is 1. The number of pyridine rings is 1. The third-order valence-corrected chi connectivity index (χ3v) is 6.48. The van der Waals surface area contributed by atoms with Gasteiger partial charge in [0.05, 0.1) is 34.6 Å². The van der Waals surface area contributed by atoms with E-state index in [1.54, 1.807) is 41.5 Å². The molecule has 6 rings (SSSR count). The van der Waals surface area contributed by atoms with E-state index in [1.807, 2.05) is 44.4 Å². The number of halogens is 1. The fourth-order valence-corrected chi connectivity index (χ4v) is 4.61. The molecule has 1 amide bonds. The lowest BCUT2D eigenvalue weighted by molar-refractivity contribution is 0.0942. The van der Waals surface area contributed by atoms with Crippen molar-refractivity contribution in [1.82, 2.24) is 34.7 Å². The van der Waals surface area contributed by atoms with Gasteiger partial charge in [-0.25, -0.2) is 18.9 Å². The van der Waals surface area contributed by atoms with Crippen molar-refractivity contribution in [3.05, 3.63) is 107 Å². The van der Waals surface area contributed by atoms with Crippen molar-refractivity contribution in [3.63, 3.8) is 0 Å². The second kappa shape index (κ2) is 9.96. The van der Waals surface area contributed by atoms with E-state index in [4.69, 9.17) is 10.7 Å². The van der Waals surface area contributed by atoms with Gasteiger partial charge in [-0.2, -0.15) is 5.10 Å². The highest BCUT2D eigenvalue weighted by atomic mass is 19.1. The average molecular weight is 531 g/mol. The molecular formula is C30H23FN8O. The monoisotopic (exact) mass is 530 g/mol. The van der Waals surface area contributed by atoms with Crippen LogP contribution in [0.5, 0.6) is 0 Å². The summed E-state index contributed by atoms with van der Waals surface area (Å²) in [6.45, 7) is 1.84. The Morgan fingerprint density at radius 2 is 1.98 bits per heavy atom. The molecule has 2 aromatic carbocycles. The summed E-state index contributed by atoms with van der Waals surface area (Å²) in [4.78, 5) is 22.6. The molecule has 3 N–H and O–H groups in total. The van der Waals surface area contributed by atoms with E-state index >= 15 is 0 Å². The first-order chi connectivity index (χ1) is 19.4. The number of hydrogen-bond acceptors (Lipinski definition) is 6. The smallest absolute Gasteiger partial charge is 0.259 e. The van der Waals surface area contributed by atoms with Gasteiger partial charge in [-0.05, 0) is 37.3 Å². The zero-order valence-corrected chi connectivity index (χ0v) is 21.6. The Morgan fingerprint density at radius 3 is 2.77 bits per heavy atom. The minimum atomic E-state index is -0.522. The number of anilines is 1. The summed E-state index contributed by atoms with van der Waals surface area (Å²) in [7, 11) is 1.83. The molecule has 9 nitrogen and oxygen atoms in total. The molecule has 10 heteroatoms. The van der Waals surface area contributed by atoms with Crippen LogP contribution in [0.3, 0.4) is 0 Å². The van der Waals surface area contributed by atoms with E-state index < -0.39 is 17.8 Å². The lowest BCUT2D eigenvalue weighted by Gasteiger charge is -2.19. The van der Waals surface area contributed by atoms with Gasteiger partial charge in [0.15, 0.2) is 11.5 Å². The number of nitrogens with two attached hydrogens (primary N) is 1. The lowest BCUT2D eigenvalue weighted by Crippen LogP contribution is -2.28. The Morgan fingerprint density at radius 1 is 1.12 bits per heavy atom. The van der Waals surface area contributed by atoms with Crippen LogP contribution < -0.4 is 11.1 Å². The van der Waals surface area contributed by atoms with E-state index in [0.717, 1.165) is 10.9 Å². The van der Waals surface area contributed by atoms with Gasteiger partial charge in [0, 0.05) is 42.2 Å². The molecule has 0 saturated carbocycles. The average Bonchev–Trinajstić information content (AvgIpc) is 3.52. The summed E-state index contributed by atoms with van der Waals surface area (Å²) in [5.74, 6) is 5.56. The molecule has 0 fully saturated rings. The van der Waals surface area contributed by atoms with Crippen LogP contribution in [-0.4, -0.2) is 35.3 Å². The van der Waals surface area contributed by atoms with E-state index in [-0.39, 0.29) is 11.4 Å². The maximum absolute atomic E-state index is 14.3. The molecule has 0 saturated heterocycles. The molecule has 0 aliphatic heterocycles. The molecular weight excluding hydrogens is 507 g/mol. The number of carbonyl (C=O) groups excluding carboxylic acids is 1. The van der Waals surface area contributed by atoms with E-state index in [2.05, 4.69) is 32.3 Å². The van der Waals surface area contributed by atoms with Crippen molar-refractivity contribution in [3.8, 4) is 23.1 Å². The van der Waals surface area contributed by atoms with Crippen molar-refractivity contribution < 1.29 is 9.18 Å². The predicted molar refractivity (Wildman–Crippen MR) is 150 cm³/mol. The number of benzene rings is 2. The van der Waals surface area contributed by atoms with Gasteiger partial charge in [-0.3, -0.25) is 9.48 Å². The first-order valence-electron chi connectivity index (χ1n) is 12.5. The first-order valence-corrected chi connectivity index (χ1v) is 12.5. The fourth-order valence-electron chi connectivity index (χ4n) is 4.61. The summed E-state index contributed by atoms with van der Waals surface area (Å²) in [6.07, 6.45) is 6.76. The van der Waals surface area contributed by atoms with Crippen molar-refractivity contribution in [2.45, 2.75) is 13.0 Å². The number of rotatable bonds is 4. The third kappa shape index (κ3) is 4.61. The molecule has 1 atom stereocenters. The Bertz CT molecular complexity index is 1980. The van der Waals surface area contributed by atoms with Gasteiger partial charge in [0.1, 0.15) is 11.4 Å². The first kappa shape index (κ1) is 24.8. The number of hydrogen-bond donors (Lipinski definition) is 2. The Kier molecular flexibility index (Phi) is 6.16. The quantitative estimate of drug-likeness (QED) is 0.329. The van der Waals surface area contributed by atoms with Crippen molar-refractivity contribution >= 4 is 28.3 Å². The number of nitrogens with one attached hydrogen (secondary N) is 1. The summed E-state index contributed by atoms with van der Waals surface area (Å²) >= 11 is 0. The number of fused-ring (bicyclic) bond motifs is 2. The lowest BCUT2D eigenvalue weighted by atomic mass is 9.97. The maximum atomic E-state index is 14.3. The second-order valence-corrected chi connectivity index (χ2v) is 9.31. The second-order valence-electron chi connectivity index (χ2n) is 9.31. The van der Waals surface area contributed by atoms with Crippen LogP contribution in [0.4, 0.5) is 10.2 Å². The molecule has 0 aliphatic rings. The van der Waals surface area contributed by atoms with E-state index in [9.17, 15) is 9.18 Å². The molecule has 40 heavy (non-hydrogen) atoms. The minimum Gasteiger partial charge on any atom is -0.381 e. The maximum Gasteiger partial charge on any atom is 0.259 e. The standard InChI is InChI=1S/C30H23FN8O/c1-18(35-30(40)25-28(32)37-39-13-5-12-33-29(25)39)24-15-22-7-3-6-20(11-10-19-16-34-38(2)17-19)26(22)36-27(24)21-8-4-9-23(31)14-21/h3-9,12-18H,1-2H3,(H2,32,37)(H,35,40)/t18-/m1/s1. The number of amides is 1. The van der Waals surface area contributed by atoms with Gasteiger partial charge in [0.25, 0.3) is 5.91 Å². The number of nitrogen functional groups attached to an aromatic ring is 1. The van der Waals surface area contributed by atoms with Crippen molar-refractivity contribution in [2.24, 2.45) is 7.05 Å². The van der Waals surface area contributed by atoms with Crippen LogP contribution in [0, 0.1) is 17.7 Å². The van der Waals surface area contributed by atoms with Crippen LogP contribution in [0.15, 0.2) is 79.4 Å². The third-order valence-electron chi connectivity index (χ3n) is 6.48. The molecule has 4 aromatic heterocycles. The summed E-state index contributed by atoms with van der Waals surface area (Å²) in [5.41, 5.74) is 10.6. The van der Waals surface area contributed by atoms with Gasteiger partial charge in [0.2, 0.25) is 0 Å². The SMILES string of the molecule is C[C@@H](NC(=O)c1c(N)nn2cccnc12)c1cc2cccc(C#Cc3cnn(C)c3)c2nc1-c1cccc(F)c1. The van der Waals surface area contributed by atoms with Gasteiger partial charge in [-0.15, -0.1) is 5.10 Å². The highest BCUT2D eigenvalue weighted by molar-refractivity contribution is 6.04. The van der Waals surface area contributed by atoms with Crippen LogP contribution >= 0.6 is 0 Å². The normalized spacial score (nSPS) is 11.8. The molecule has 0 bridgehead atoms. The van der Waals surface area contributed by atoms with Crippen molar-refractivity contribution in [2.75, 3.05) is 5.73 Å². The zero-order chi connectivity index (χ0) is 27.8. The Balaban J connectivity index is 1.45. The molecule has 6 aromatic rings. The molecule has 196 valence electrons. The van der Waals surface area contributed by atoms with Crippen molar-refractivity contribution in [1.29, 1.82) is 0 Å². The highest BCUT2D eigenvalue weighted by Crippen LogP contribution is 2.32. The Hall–Kier alpha value is -5.56. The number of aromatic nitrogens is 6. The zero-order valence-electron chi connectivity index (χ0n) is 21.6. The molecule has 4 heterocycles. The van der Waals surface area contributed by atoms with Crippen LogP contribution in [0.25, 0.3) is 27.8 Å². The van der Waals surface area contributed by atoms with Gasteiger partial charge < -0.3 is 11.1 Å². The predicted octanol–water partition coefficient (Wildman–Crippen LogP) is 4.29. The summed E-state index contributed by atoms with van der Waals surface area (Å²) < 4.78 is 17.5. The topological polar surface area (TPSA) is 116 Å². The fraction of sp³-hybridized carbons (Fsp3) is 0.100. The van der Waals surface area contributed by atoms with Gasteiger partial charge in [-0.1, -0.05) is 36.1 Å². The number of para-hydroxylation sites is 1. The largest absolute Gasteiger partial charge is 0.381 e. The highest BCUT2D eigenvalue weighted by Gasteiger charge is 2.23. The molecule has 0 aliphatic carbocycles. The number of nitrogens with zero attached hydrogens (tertiary/aromatic N) is 6. The van der Waals surface area contributed by atoms with Crippen LogP contribution in [-0.2, 0) is 7.05 Å². The van der Waals surface area contributed by atoms with Crippen LogP contribution in [0.2, 0.25) is 0 Å². The van der Waals surface area contributed by atoms with E-state index in [0.29, 0.717) is 33.5 Å². The molecule has 0 unspecified atom stereocenters. The van der Waals surface area contributed by atoms with E-state index in [1.165, 1.54) is 16.6 Å². The molecule has 0 radical (unpaired) electrons. The molecule has 0 spiro atoms. The van der Waals surface area contributed by atoms with Gasteiger partial charge >= 0.3 is 0 Å². The number of aryl methyl sites for hydroxylation is 1. The Labute approximate surface area is 228 Å². The summed E-state index contributed by atoms with van der Waals surface area (Å²) in [5, 5.41) is 12.2.